The van der Waals surface area contributed by atoms with Crippen molar-refractivity contribution in [3.63, 3.8) is 0 Å². The summed E-state index contributed by atoms with van der Waals surface area (Å²) in [5.74, 6) is -0.686. The number of hydroxylamine groups is 2. The summed E-state index contributed by atoms with van der Waals surface area (Å²) in [4.78, 5) is 10.5. The van der Waals surface area contributed by atoms with Crippen LogP contribution in [0.3, 0.4) is 0 Å². The fraction of sp³-hybridized carbons (Fsp3) is 0.955. The van der Waals surface area contributed by atoms with Gasteiger partial charge >= 0.3 is 5.97 Å². The molecule has 1 rings (SSSR count). The van der Waals surface area contributed by atoms with E-state index in [-0.39, 0.29) is 5.54 Å². The average molecular weight is 386 g/mol. The van der Waals surface area contributed by atoms with Gasteiger partial charge in [0.15, 0.2) is 0 Å². The zero-order chi connectivity index (χ0) is 20.2. The Morgan fingerprint density at radius 2 is 1.37 bits per heavy atom. The van der Waals surface area contributed by atoms with Crippen molar-refractivity contribution in [2.45, 2.75) is 128 Å². The number of carboxylic acids is 1. The minimum atomic E-state index is -0.686. The van der Waals surface area contributed by atoms with Gasteiger partial charge in [0.25, 0.3) is 0 Å². The highest BCUT2D eigenvalue weighted by atomic mass is 16.6. The fourth-order valence-corrected chi connectivity index (χ4v) is 4.03. The molecule has 0 aromatic carbocycles. The smallest absolute Gasteiger partial charge is 0.303 e. The SMILES string of the molecule is CCCCCCC1(CCCCCCCCCCC(=O)O)OCC(C)(C)N1O. The maximum Gasteiger partial charge on any atom is 0.303 e. The molecule has 2 N–H and O–H groups in total. The van der Waals surface area contributed by atoms with Gasteiger partial charge in [-0.3, -0.25) is 4.79 Å². The number of carboxylic acid groups (broad SMARTS) is 1. The summed E-state index contributed by atoms with van der Waals surface area (Å²) in [6.45, 7) is 6.90. The van der Waals surface area contributed by atoms with Crippen molar-refractivity contribution in [1.82, 2.24) is 5.06 Å². The van der Waals surface area contributed by atoms with Crippen molar-refractivity contribution in [3.05, 3.63) is 0 Å². The normalized spacial score (nSPS) is 22.4. The standard InChI is InChI=1S/C22H43NO4/c1-4-5-6-14-17-22(23(26)21(2,3)19-27-22)18-15-12-10-8-7-9-11-13-16-20(24)25/h26H,4-19H2,1-3H3,(H,24,25). The zero-order valence-electron chi connectivity index (χ0n) is 18.0. The molecule has 1 aliphatic rings. The van der Waals surface area contributed by atoms with Gasteiger partial charge in [-0.2, -0.15) is 5.06 Å². The number of carbonyl (C=O) groups is 1. The van der Waals surface area contributed by atoms with Gasteiger partial charge in [-0.05, 0) is 46.0 Å². The molecular weight excluding hydrogens is 342 g/mol. The third-order valence-corrected chi connectivity index (χ3v) is 5.78. The molecule has 0 bridgehead atoms. The summed E-state index contributed by atoms with van der Waals surface area (Å²) in [6.07, 6.45) is 15.7. The van der Waals surface area contributed by atoms with Crippen LogP contribution >= 0.6 is 0 Å². The summed E-state index contributed by atoms with van der Waals surface area (Å²) in [5.41, 5.74) is -0.797. The summed E-state index contributed by atoms with van der Waals surface area (Å²) in [5, 5.41) is 20.9. The van der Waals surface area contributed by atoms with Gasteiger partial charge < -0.3 is 15.1 Å². The predicted molar refractivity (Wildman–Crippen MR) is 109 cm³/mol. The Labute approximate surface area is 166 Å². The first-order chi connectivity index (χ1) is 12.8. The predicted octanol–water partition coefficient (Wildman–Crippen LogP) is 6.14. The molecule has 1 atom stereocenters. The van der Waals surface area contributed by atoms with Crippen LogP contribution < -0.4 is 0 Å². The van der Waals surface area contributed by atoms with Crippen LogP contribution in [0.4, 0.5) is 0 Å². The topological polar surface area (TPSA) is 70.0 Å². The molecule has 5 heteroatoms. The number of hydrogen-bond donors (Lipinski definition) is 2. The van der Waals surface area contributed by atoms with Gasteiger partial charge in [-0.25, -0.2) is 0 Å². The van der Waals surface area contributed by atoms with Crippen molar-refractivity contribution < 1.29 is 19.8 Å². The molecule has 160 valence electrons. The Kier molecular flexibility index (Phi) is 11.5. The third kappa shape index (κ3) is 8.93. The Hall–Kier alpha value is -0.650. The van der Waals surface area contributed by atoms with E-state index in [2.05, 4.69) is 6.92 Å². The molecular formula is C22H43NO4. The number of ether oxygens (including phenoxy) is 1. The monoisotopic (exact) mass is 385 g/mol. The van der Waals surface area contributed by atoms with E-state index in [1.807, 2.05) is 13.8 Å². The lowest BCUT2D eigenvalue weighted by molar-refractivity contribution is -0.256. The first-order valence-corrected chi connectivity index (χ1v) is 11.2. The molecule has 0 radical (unpaired) electrons. The van der Waals surface area contributed by atoms with E-state index in [1.165, 1.54) is 50.0 Å². The molecule has 1 unspecified atom stereocenters. The molecule has 0 saturated carbocycles. The lowest BCUT2D eigenvalue weighted by atomic mass is 9.95. The van der Waals surface area contributed by atoms with Crippen molar-refractivity contribution >= 4 is 5.97 Å². The number of aliphatic carboxylic acids is 1. The van der Waals surface area contributed by atoms with Crippen LogP contribution in [-0.2, 0) is 9.53 Å². The van der Waals surface area contributed by atoms with Crippen LogP contribution in [0.1, 0.15) is 117 Å². The van der Waals surface area contributed by atoms with E-state index in [9.17, 15) is 10.0 Å². The van der Waals surface area contributed by atoms with E-state index in [0.717, 1.165) is 44.9 Å². The lowest BCUT2D eigenvalue weighted by Crippen LogP contribution is -2.50. The van der Waals surface area contributed by atoms with Crippen LogP contribution in [0.2, 0.25) is 0 Å². The van der Waals surface area contributed by atoms with Crippen LogP contribution in [0, 0.1) is 0 Å². The third-order valence-electron chi connectivity index (χ3n) is 5.78. The van der Waals surface area contributed by atoms with Crippen molar-refractivity contribution in [3.8, 4) is 0 Å². The van der Waals surface area contributed by atoms with Gasteiger partial charge in [0, 0.05) is 6.42 Å². The number of nitrogens with zero attached hydrogens (tertiary/aromatic N) is 1. The summed E-state index contributed by atoms with van der Waals surface area (Å²) >= 11 is 0. The molecule has 1 aliphatic heterocycles. The maximum atomic E-state index is 10.8. The molecule has 0 spiro atoms. The molecule has 1 saturated heterocycles. The highest BCUT2D eigenvalue weighted by Gasteiger charge is 2.50. The van der Waals surface area contributed by atoms with Gasteiger partial charge in [0.2, 0.25) is 0 Å². The van der Waals surface area contributed by atoms with Crippen molar-refractivity contribution in [1.29, 1.82) is 0 Å². The molecule has 0 aliphatic carbocycles. The number of rotatable bonds is 16. The first kappa shape index (κ1) is 24.4. The van der Waals surface area contributed by atoms with Crippen molar-refractivity contribution in [2.24, 2.45) is 0 Å². The van der Waals surface area contributed by atoms with Crippen molar-refractivity contribution in [2.75, 3.05) is 6.61 Å². The van der Waals surface area contributed by atoms with E-state index in [1.54, 1.807) is 0 Å². The number of hydrogen-bond acceptors (Lipinski definition) is 4. The Bertz CT molecular complexity index is 413. The van der Waals surface area contributed by atoms with Crippen LogP contribution in [0.15, 0.2) is 0 Å². The Balaban J connectivity index is 2.23. The van der Waals surface area contributed by atoms with Gasteiger partial charge in [0.1, 0.15) is 5.72 Å². The Morgan fingerprint density at radius 3 is 1.81 bits per heavy atom. The molecule has 0 aromatic rings. The average Bonchev–Trinajstić information content (AvgIpc) is 2.84. The summed E-state index contributed by atoms with van der Waals surface area (Å²) in [6, 6.07) is 0. The fourth-order valence-electron chi connectivity index (χ4n) is 4.03. The van der Waals surface area contributed by atoms with Crippen LogP contribution in [-0.4, -0.2) is 39.2 Å². The van der Waals surface area contributed by atoms with Crippen LogP contribution in [0.5, 0.6) is 0 Å². The summed E-state index contributed by atoms with van der Waals surface area (Å²) < 4.78 is 6.17. The second-order valence-corrected chi connectivity index (χ2v) is 8.89. The Morgan fingerprint density at radius 1 is 0.889 bits per heavy atom. The largest absolute Gasteiger partial charge is 0.481 e. The second kappa shape index (κ2) is 12.7. The molecule has 5 nitrogen and oxygen atoms in total. The highest BCUT2D eigenvalue weighted by molar-refractivity contribution is 5.66. The molecule has 27 heavy (non-hydrogen) atoms. The minimum absolute atomic E-state index is 0.300. The second-order valence-electron chi connectivity index (χ2n) is 8.89. The van der Waals surface area contributed by atoms with E-state index in [0.29, 0.717) is 13.0 Å². The molecule has 1 fully saturated rings. The van der Waals surface area contributed by atoms with E-state index >= 15 is 0 Å². The van der Waals surface area contributed by atoms with Gasteiger partial charge in [-0.1, -0.05) is 64.7 Å². The number of unbranched alkanes of at least 4 members (excludes halogenated alkanes) is 10. The summed E-state index contributed by atoms with van der Waals surface area (Å²) in [7, 11) is 0. The molecule has 0 aromatic heterocycles. The molecule has 0 amide bonds. The first-order valence-electron chi connectivity index (χ1n) is 11.2. The zero-order valence-corrected chi connectivity index (χ0v) is 18.0. The quantitative estimate of drug-likeness (QED) is 0.312. The minimum Gasteiger partial charge on any atom is -0.481 e. The van der Waals surface area contributed by atoms with Gasteiger partial charge in [-0.15, -0.1) is 0 Å². The molecule has 1 heterocycles. The van der Waals surface area contributed by atoms with Crippen LogP contribution in [0.25, 0.3) is 0 Å². The lowest BCUT2D eigenvalue weighted by Gasteiger charge is -2.37. The van der Waals surface area contributed by atoms with E-state index in [4.69, 9.17) is 9.84 Å². The van der Waals surface area contributed by atoms with Gasteiger partial charge in [0.05, 0.1) is 12.1 Å². The van der Waals surface area contributed by atoms with E-state index < -0.39 is 11.7 Å². The highest BCUT2D eigenvalue weighted by Crippen LogP contribution is 2.40. The maximum absolute atomic E-state index is 10.8.